The second-order valence-corrected chi connectivity index (χ2v) is 4.84. The molecule has 0 aromatic carbocycles. The van der Waals surface area contributed by atoms with Crippen LogP contribution in [0.5, 0.6) is 0 Å². The van der Waals surface area contributed by atoms with E-state index >= 15 is 0 Å². The van der Waals surface area contributed by atoms with Crippen LogP contribution in [0.1, 0.15) is 24.5 Å². The molecule has 0 radical (unpaired) electrons. The van der Waals surface area contributed by atoms with E-state index in [1.165, 1.54) is 28.6 Å². The van der Waals surface area contributed by atoms with Crippen LogP contribution < -0.4 is 0 Å². The number of carbonyl (C=O) groups is 1. The normalized spacial score (nSPS) is 12.1. The van der Waals surface area contributed by atoms with Crippen LogP contribution in [0.15, 0.2) is 12.4 Å². The number of carbonyl (C=O) groups excluding carboxylic acids is 1. The summed E-state index contributed by atoms with van der Waals surface area (Å²) in [6.45, 7) is 2.70. The first-order chi connectivity index (χ1) is 10.9. The lowest BCUT2D eigenvalue weighted by Crippen LogP contribution is -2.21. The van der Waals surface area contributed by atoms with E-state index in [4.69, 9.17) is 4.74 Å². The molecule has 2 heterocycles. The van der Waals surface area contributed by atoms with Crippen LogP contribution in [0.4, 0.5) is 5.82 Å². The zero-order valence-electron chi connectivity index (χ0n) is 12.6. The van der Waals surface area contributed by atoms with E-state index in [0.717, 1.165) is 0 Å². The highest BCUT2D eigenvalue weighted by atomic mass is 16.6. The lowest BCUT2D eigenvalue weighted by atomic mass is 10.3. The lowest BCUT2D eigenvalue weighted by molar-refractivity contribution is -0.392. The molecule has 0 aliphatic carbocycles. The van der Waals surface area contributed by atoms with Crippen LogP contribution in [0.25, 0.3) is 0 Å². The number of hydrogen-bond acceptors (Lipinski definition) is 8. The number of hydrogen-bond donors (Lipinski definition) is 1. The van der Waals surface area contributed by atoms with Gasteiger partial charge in [0.05, 0.1) is 12.8 Å². The Morgan fingerprint density at radius 2 is 2.30 bits per heavy atom. The number of esters is 1. The number of aliphatic hydroxyl groups is 1. The quantitative estimate of drug-likeness (QED) is 0.421. The number of rotatable bonds is 7. The summed E-state index contributed by atoms with van der Waals surface area (Å²) in [6, 6.07) is -0.570. The molecule has 11 heteroatoms. The van der Waals surface area contributed by atoms with Gasteiger partial charge in [0.1, 0.15) is 31.1 Å². The number of ether oxygens (including phenoxy) is 1. The van der Waals surface area contributed by atoms with Crippen molar-refractivity contribution in [2.75, 3.05) is 13.2 Å². The number of aromatic nitrogens is 5. The molecular formula is C12H16N6O5. The van der Waals surface area contributed by atoms with E-state index in [9.17, 15) is 20.0 Å². The molecule has 2 aromatic heterocycles. The third-order valence-corrected chi connectivity index (χ3v) is 3.16. The summed E-state index contributed by atoms with van der Waals surface area (Å²) < 4.78 is 7.60. The van der Waals surface area contributed by atoms with Crippen molar-refractivity contribution in [2.24, 2.45) is 0 Å². The maximum absolute atomic E-state index is 11.0. The first-order valence-electron chi connectivity index (χ1n) is 6.73. The average molecular weight is 324 g/mol. The Labute approximate surface area is 130 Å². The first kappa shape index (κ1) is 16.5. The SMILES string of the molecule is CC(=O)OCC(CO)n1cc(Cn2c([N+](=O)[O-])cnc2C)nn1. The molecule has 1 unspecified atom stereocenters. The number of aryl methyl sites for hydroxylation is 1. The van der Waals surface area contributed by atoms with E-state index in [2.05, 4.69) is 15.3 Å². The van der Waals surface area contributed by atoms with E-state index in [1.807, 2.05) is 0 Å². The van der Waals surface area contributed by atoms with Gasteiger partial charge in [0, 0.05) is 13.8 Å². The van der Waals surface area contributed by atoms with E-state index in [0.29, 0.717) is 11.5 Å². The van der Waals surface area contributed by atoms with Crippen LogP contribution in [0.2, 0.25) is 0 Å². The maximum Gasteiger partial charge on any atom is 0.343 e. The molecule has 0 saturated carbocycles. The first-order valence-corrected chi connectivity index (χ1v) is 6.73. The summed E-state index contributed by atoms with van der Waals surface area (Å²) in [5.41, 5.74) is 0.454. The molecular weight excluding hydrogens is 308 g/mol. The minimum Gasteiger partial charge on any atom is -0.463 e. The largest absolute Gasteiger partial charge is 0.463 e. The monoisotopic (exact) mass is 324 g/mol. The third kappa shape index (κ3) is 3.88. The number of nitro groups is 1. The fourth-order valence-electron chi connectivity index (χ4n) is 1.95. The molecule has 0 aliphatic heterocycles. The van der Waals surface area contributed by atoms with Gasteiger partial charge in [-0.1, -0.05) is 5.21 Å². The van der Waals surface area contributed by atoms with Gasteiger partial charge in [-0.3, -0.25) is 4.79 Å². The van der Waals surface area contributed by atoms with E-state index in [-0.39, 0.29) is 25.6 Å². The summed E-state index contributed by atoms with van der Waals surface area (Å²) >= 11 is 0. The number of nitrogens with zero attached hydrogens (tertiary/aromatic N) is 6. The highest BCUT2D eigenvalue weighted by molar-refractivity contribution is 5.65. The molecule has 0 bridgehead atoms. The van der Waals surface area contributed by atoms with Gasteiger partial charge in [-0.15, -0.1) is 5.10 Å². The van der Waals surface area contributed by atoms with Crippen molar-refractivity contribution in [3.05, 3.63) is 34.0 Å². The Kier molecular flexibility index (Phi) is 5.01. The van der Waals surface area contributed by atoms with Crippen molar-refractivity contribution in [3.63, 3.8) is 0 Å². The molecule has 0 amide bonds. The zero-order valence-corrected chi connectivity index (χ0v) is 12.6. The lowest BCUT2D eigenvalue weighted by Gasteiger charge is -2.13. The summed E-state index contributed by atoms with van der Waals surface area (Å²) in [5, 5.41) is 28.1. The standard InChI is InChI=1S/C12H16N6O5/c1-8-13-3-12(18(21)22)16(8)4-10-5-17(15-14-10)11(6-19)7-23-9(2)20/h3,5,11,19H,4,6-7H2,1-2H3. The Morgan fingerprint density at radius 1 is 1.57 bits per heavy atom. The van der Waals surface area contributed by atoms with Crippen molar-refractivity contribution >= 4 is 11.8 Å². The molecule has 0 fully saturated rings. The van der Waals surface area contributed by atoms with Crippen LogP contribution in [0.3, 0.4) is 0 Å². The Hall–Kier alpha value is -2.82. The number of imidazole rings is 1. The minimum absolute atomic E-state index is 0.0428. The molecule has 2 rings (SSSR count). The van der Waals surface area contributed by atoms with Gasteiger partial charge < -0.3 is 20.0 Å². The van der Waals surface area contributed by atoms with Gasteiger partial charge in [0.2, 0.25) is 0 Å². The minimum atomic E-state index is -0.570. The Bertz CT molecular complexity index is 709. The van der Waals surface area contributed by atoms with Crippen molar-refractivity contribution < 1.29 is 19.6 Å². The summed E-state index contributed by atoms with van der Waals surface area (Å²) in [4.78, 5) is 25.2. The van der Waals surface area contributed by atoms with E-state index < -0.39 is 16.9 Å². The predicted octanol–water partition coefficient (Wildman–Crippen LogP) is -0.164. The van der Waals surface area contributed by atoms with Gasteiger partial charge in [-0.05, 0) is 4.92 Å². The van der Waals surface area contributed by atoms with Crippen LogP contribution >= 0.6 is 0 Å². The van der Waals surface area contributed by atoms with Crippen molar-refractivity contribution in [1.82, 2.24) is 24.5 Å². The summed E-state index contributed by atoms with van der Waals surface area (Å²) in [5.74, 6) is -0.131. The van der Waals surface area contributed by atoms with E-state index in [1.54, 1.807) is 6.92 Å². The second kappa shape index (κ2) is 6.96. The molecule has 0 spiro atoms. The van der Waals surface area contributed by atoms with Gasteiger partial charge >= 0.3 is 11.8 Å². The molecule has 11 nitrogen and oxygen atoms in total. The van der Waals surface area contributed by atoms with Crippen molar-refractivity contribution in [3.8, 4) is 0 Å². The Balaban J connectivity index is 2.14. The average Bonchev–Trinajstić information content (AvgIpc) is 3.08. The zero-order chi connectivity index (χ0) is 17.0. The molecule has 1 atom stereocenters. The molecule has 23 heavy (non-hydrogen) atoms. The van der Waals surface area contributed by atoms with Crippen molar-refractivity contribution in [1.29, 1.82) is 0 Å². The fraction of sp³-hybridized carbons (Fsp3) is 0.500. The van der Waals surface area contributed by atoms with Gasteiger partial charge in [-0.25, -0.2) is 14.2 Å². The topological polar surface area (TPSA) is 138 Å². The van der Waals surface area contributed by atoms with Gasteiger partial charge in [0.25, 0.3) is 0 Å². The second-order valence-electron chi connectivity index (χ2n) is 4.84. The van der Waals surface area contributed by atoms with Crippen LogP contribution in [-0.4, -0.2) is 53.8 Å². The fourth-order valence-corrected chi connectivity index (χ4v) is 1.95. The van der Waals surface area contributed by atoms with Gasteiger partial charge in [0.15, 0.2) is 5.82 Å². The molecule has 0 aliphatic rings. The summed E-state index contributed by atoms with van der Waals surface area (Å²) in [7, 11) is 0. The van der Waals surface area contributed by atoms with Gasteiger partial charge in [-0.2, -0.15) is 0 Å². The van der Waals surface area contributed by atoms with Crippen LogP contribution in [0, 0.1) is 17.0 Å². The van der Waals surface area contributed by atoms with Crippen LogP contribution in [-0.2, 0) is 16.1 Å². The highest BCUT2D eigenvalue weighted by Crippen LogP contribution is 2.16. The third-order valence-electron chi connectivity index (χ3n) is 3.16. The smallest absolute Gasteiger partial charge is 0.343 e. The Morgan fingerprint density at radius 3 is 2.91 bits per heavy atom. The van der Waals surface area contributed by atoms with Crippen molar-refractivity contribution in [2.45, 2.75) is 26.4 Å². The molecule has 124 valence electrons. The maximum atomic E-state index is 11.0. The molecule has 0 saturated heterocycles. The highest BCUT2D eigenvalue weighted by Gasteiger charge is 2.20. The number of aliphatic hydroxyl groups excluding tert-OH is 1. The molecule has 2 aromatic rings. The molecule has 1 N–H and O–H groups in total. The predicted molar refractivity (Wildman–Crippen MR) is 75.5 cm³/mol. The summed E-state index contributed by atoms with van der Waals surface area (Å²) in [6.07, 6.45) is 2.71.